The number of carbonyl (C=O) groups is 4. The molecule has 9 heteroatoms. The van der Waals surface area contributed by atoms with E-state index in [-0.39, 0.29) is 30.6 Å². The van der Waals surface area contributed by atoms with Gasteiger partial charge in [0.1, 0.15) is 18.1 Å². The minimum atomic E-state index is -1.02. The molecule has 0 spiro atoms. The van der Waals surface area contributed by atoms with Gasteiger partial charge in [0.2, 0.25) is 17.7 Å². The van der Waals surface area contributed by atoms with Crippen molar-refractivity contribution in [1.82, 2.24) is 15.1 Å². The van der Waals surface area contributed by atoms with Crippen LogP contribution in [0.25, 0.3) is 0 Å². The number of carboxylic acids is 1. The molecule has 2 fully saturated rings. The van der Waals surface area contributed by atoms with Crippen LogP contribution in [0.5, 0.6) is 0 Å². The first kappa shape index (κ1) is 27.3. The Morgan fingerprint density at radius 1 is 0.842 bits per heavy atom. The molecule has 2 aromatic rings. The highest BCUT2D eigenvalue weighted by Gasteiger charge is 2.43. The van der Waals surface area contributed by atoms with Crippen molar-refractivity contribution in [2.75, 3.05) is 13.1 Å². The van der Waals surface area contributed by atoms with Gasteiger partial charge in [-0.3, -0.25) is 14.4 Å². The molecule has 3 amide bonds. The summed E-state index contributed by atoms with van der Waals surface area (Å²) in [5.74, 6) is -2.00. The molecule has 2 heterocycles. The zero-order valence-electron chi connectivity index (χ0n) is 21.5. The molecule has 2 aromatic carbocycles. The molecular formula is C29H36N4O5. The van der Waals surface area contributed by atoms with Crippen LogP contribution in [-0.2, 0) is 32.0 Å². The quantitative estimate of drug-likeness (QED) is 0.437. The summed E-state index contributed by atoms with van der Waals surface area (Å²) in [6.07, 6.45) is 3.02. The zero-order chi connectivity index (χ0) is 27.1. The summed E-state index contributed by atoms with van der Waals surface area (Å²) < 4.78 is 0. The Morgan fingerprint density at radius 2 is 1.39 bits per heavy atom. The first-order valence-electron chi connectivity index (χ1n) is 13.3. The van der Waals surface area contributed by atoms with Gasteiger partial charge in [-0.1, -0.05) is 60.7 Å². The third-order valence-corrected chi connectivity index (χ3v) is 7.35. The van der Waals surface area contributed by atoms with E-state index in [1.165, 1.54) is 9.80 Å². The van der Waals surface area contributed by atoms with Crippen molar-refractivity contribution in [3.63, 3.8) is 0 Å². The second kappa shape index (κ2) is 12.7. The van der Waals surface area contributed by atoms with E-state index >= 15 is 0 Å². The molecule has 0 bridgehead atoms. The van der Waals surface area contributed by atoms with E-state index in [0.717, 1.165) is 11.1 Å². The fourth-order valence-corrected chi connectivity index (χ4v) is 5.50. The average molecular weight is 521 g/mol. The van der Waals surface area contributed by atoms with Crippen molar-refractivity contribution in [3.05, 3.63) is 71.8 Å². The number of rotatable bonds is 10. The molecule has 0 aliphatic carbocycles. The Hall–Kier alpha value is -3.72. The zero-order valence-corrected chi connectivity index (χ0v) is 21.5. The van der Waals surface area contributed by atoms with Gasteiger partial charge in [0, 0.05) is 32.0 Å². The number of nitrogens with one attached hydrogen (secondary N) is 1. The van der Waals surface area contributed by atoms with Crippen LogP contribution >= 0.6 is 0 Å². The number of benzene rings is 2. The maximum absolute atomic E-state index is 13.8. The summed E-state index contributed by atoms with van der Waals surface area (Å²) in [5, 5.41) is 12.4. The number of nitrogens with two attached hydrogens (primary N) is 1. The van der Waals surface area contributed by atoms with Gasteiger partial charge in [-0.05, 0) is 43.2 Å². The molecule has 2 aliphatic rings. The third kappa shape index (κ3) is 6.77. The first-order chi connectivity index (χ1) is 18.3. The van der Waals surface area contributed by atoms with Gasteiger partial charge in [-0.25, -0.2) is 4.79 Å². The Morgan fingerprint density at radius 3 is 2.00 bits per heavy atom. The lowest BCUT2D eigenvalue weighted by atomic mass is 10.0. The molecule has 0 saturated carbocycles. The lowest BCUT2D eigenvalue weighted by molar-refractivity contribution is -0.152. The summed E-state index contributed by atoms with van der Waals surface area (Å²) in [6, 6.07) is 16.2. The van der Waals surface area contributed by atoms with Gasteiger partial charge in [0.25, 0.3) is 0 Å². The molecule has 2 aliphatic heterocycles. The second-order valence-electron chi connectivity index (χ2n) is 10.2. The number of carbonyl (C=O) groups excluding carboxylic acids is 3. The molecule has 38 heavy (non-hydrogen) atoms. The average Bonchev–Trinajstić information content (AvgIpc) is 3.59. The minimum Gasteiger partial charge on any atom is -0.480 e. The maximum Gasteiger partial charge on any atom is 0.326 e. The molecular weight excluding hydrogens is 484 g/mol. The minimum absolute atomic E-state index is 0.0594. The van der Waals surface area contributed by atoms with Gasteiger partial charge in [-0.15, -0.1) is 0 Å². The van der Waals surface area contributed by atoms with Crippen LogP contribution in [0.15, 0.2) is 60.7 Å². The van der Waals surface area contributed by atoms with E-state index in [1.807, 2.05) is 60.7 Å². The van der Waals surface area contributed by atoms with Crippen LogP contribution in [0.4, 0.5) is 0 Å². The van der Waals surface area contributed by atoms with Gasteiger partial charge >= 0.3 is 5.97 Å². The monoisotopic (exact) mass is 520 g/mol. The molecule has 202 valence electrons. The predicted molar refractivity (Wildman–Crippen MR) is 142 cm³/mol. The number of carboxylic acid groups (broad SMARTS) is 1. The highest BCUT2D eigenvalue weighted by molar-refractivity contribution is 5.94. The Kier molecular flexibility index (Phi) is 9.12. The Labute approximate surface area is 223 Å². The molecule has 4 N–H and O–H groups in total. The van der Waals surface area contributed by atoms with Crippen LogP contribution in [0.2, 0.25) is 0 Å². The lowest BCUT2D eigenvalue weighted by Gasteiger charge is -2.32. The van der Waals surface area contributed by atoms with Crippen molar-refractivity contribution in [2.45, 2.75) is 69.1 Å². The first-order valence-corrected chi connectivity index (χ1v) is 13.3. The van der Waals surface area contributed by atoms with E-state index in [2.05, 4.69) is 5.32 Å². The molecule has 4 unspecified atom stereocenters. The number of aliphatic carboxylic acids is 1. The largest absolute Gasteiger partial charge is 0.480 e. The number of hydrogen-bond acceptors (Lipinski definition) is 5. The third-order valence-electron chi connectivity index (χ3n) is 7.35. The summed E-state index contributed by atoms with van der Waals surface area (Å²) in [5.41, 5.74) is 8.16. The van der Waals surface area contributed by atoms with Gasteiger partial charge in [0.05, 0.1) is 0 Å². The van der Waals surface area contributed by atoms with Crippen molar-refractivity contribution >= 4 is 23.7 Å². The maximum atomic E-state index is 13.8. The highest BCUT2D eigenvalue weighted by Crippen LogP contribution is 2.26. The van der Waals surface area contributed by atoms with E-state index in [9.17, 15) is 24.3 Å². The van der Waals surface area contributed by atoms with Crippen molar-refractivity contribution < 1.29 is 24.3 Å². The normalized spacial score (nSPS) is 20.7. The standard InChI is InChI=1S/C29H36N4O5/c30-22(17-20-9-3-1-4-10-20)19-26(34)31-23(18-21-11-5-2-6-12-21)27(35)32-15-7-13-24(32)28(36)33-16-8-14-25(33)29(37)38/h1-6,9-12,22-25H,7-8,13-19,30H2,(H,31,34)(H,37,38). The summed E-state index contributed by atoms with van der Waals surface area (Å²) in [6.45, 7) is 0.757. The van der Waals surface area contributed by atoms with E-state index in [4.69, 9.17) is 5.73 Å². The van der Waals surface area contributed by atoms with Crippen LogP contribution < -0.4 is 11.1 Å². The van der Waals surface area contributed by atoms with Gasteiger partial charge in [0.15, 0.2) is 0 Å². The molecule has 4 rings (SSSR count). The van der Waals surface area contributed by atoms with Crippen molar-refractivity contribution in [2.24, 2.45) is 5.73 Å². The van der Waals surface area contributed by atoms with Crippen molar-refractivity contribution in [1.29, 1.82) is 0 Å². The summed E-state index contributed by atoms with van der Waals surface area (Å²) >= 11 is 0. The smallest absolute Gasteiger partial charge is 0.326 e. The van der Waals surface area contributed by atoms with Gasteiger partial charge < -0.3 is 26.0 Å². The number of hydrogen-bond donors (Lipinski definition) is 3. The van der Waals surface area contributed by atoms with Gasteiger partial charge in [-0.2, -0.15) is 0 Å². The molecule has 2 saturated heterocycles. The fourth-order valence-electron chi connectivity index (χ4n) is 5.50. The number of nitrogens with zero attached hydrogens (tertiary/aromatic N) is 2. The van der Waals surface area contributed by atoms with Crippen LogP contribution in [-0.4, -0.2) is 75.9 Å². The predicted octanol–water partition coefficient (Wildman–Crippen LogP) is 1.74. The van der Waals surface area contributed by atoms with Crippen LogP contribution in [0, 0.1) is 0 Å². The second-order valence-corrected chi connectivity index (χ2v) is 10.2. The molecule has 9 nitrogen and oxygen atoms in total. The highest BCUT2D eigenvalue weighted by atomic mass is 16.4. The van der Waals surface area contributed by atoms with Crippen LogP contribution in [0.3, 0.4) is 0 Å². The SMILES string of the molecule is NC(CC(=O)NC(Cc1ccccc1)C(=O)N1CCCC1C(=O)N1CCCC1C(=O)O)Cc1ccccc1. The summed E-state index contributed by atoms with van der Waals surface area (Å²) in [7, 11) is 0. The Bertz CT molecular complexity index is 1130. The topological polar surface area (TPSA) is 133 Å². The molecule has 0 radical (unpaired) electrons. The molecule has 4 atom stereocenters. The summed E-state index contributed by atoms with van der Waals surface area (Å²) in [4.78, 5) is 54.7. The molecule has 0 aromatic heterocycles. The van der Waals surface area contributed by atoms with Crippen LogP contribution in [0.1, 0.15) is 43.2 Å². The van der Waals surface area contributed by atoms with Crippen molar-refractivity contribution in [3.8, 4) is 0 Å². The van der Waals surface area contributed by atoms with E-state index in [1.54, 1.807) is 0 Å². The number of likely N-dealkylation sites (tertiary alicyclic amines) is 2. The number of amides is 3. The van der Waals surface area contributed by atoms with E-state index in [0.29, 0.717) is 45.2 Å². The lowest BCUT2D eigenvalue weighted by Crippen LogP contribution is -2.56. The van der Waals surface area contributed by atoms with E-state index < -0.39 is 30.1 Å². The fraction of sp³-hybridized carbons (Fsp3) is 0.448. The Balaban J connectivity index is 1.46.